The first kappa shape index (κ1) is 14.9. The zero-order valence-electron chi connectivity index (χ0n) is 10.4. The Hall–Kier alpha value is -2.48. The lowest BCUT2D eigenvalue weighted by atomic mass is 10.3. The molecule has 2 rings (SSSR count). The molecule has 0 fully saturated rings. The lowest BCUT2D eigenvalue weighted by Gasteiger charge is -2.09. The lowest BCUT2D eigenvalue weighted by molar-refractivity contribution is 0.0690. The first-order valence-corrected chi connectivity index (χ1v) is 6.48. The Morgan fingerprint density at radius 2 is 1.95 bits per heavy atom. The summed E-state index contributed by atoms with van der Waals surface area (Å²) >= 11 is 3.13. The Balaban J connectivity index is 2.06. The minimum atomic E-state index is -1.17. The van der Waals surface area contributed by atoms with Crippen molar-refractivity contribution in [2.75, 3.05) is 10.6 Å². The zero-order chi connectivity index (χ0) is 15.4. The highest BCUT2D eigenvalue weighted by Gasteiger charge is 2.11. The number of carbonyl (C=O) groups excluding carboxylic acids is 1. The molecule has 2 amide bonds. The topological polar surface area (TPSA) is 91.3 Å². The van der Waals surface area contributed by atoms with E-state index in [4.69, 9.17) is 5.11 Å². The molecule has 6 nitrogen and oxygen atoms in total. The maximum Gasteiger partial charge on any atom is 0.354 e. The number of benzene rings is 1. The van der Waals surface area contributed by atoms with E-state index in [0.717, 1.165) is 0 Å². The Labute approximate surface area is 127 Å². The number of nitrogens with one attached hydrogen (secondary N) is 2. The van der Waals surface area contributed by atoms with Crippen molar-refractivity contribution in [2.24, 2.45) is 0 Å². The molecule has 0 radical (unpaired) electrons. The molecule has 0 aliphatic carbocycles. The van der Waals surface area contributed by atoms with Crippen molar-refractivity contribution in [1.29, 1.82) is 0 Å². The third-order valence-corrected chi connectivity index (χ3v) is 3.10. The molecule has 0 saturated heterocycles. The number of carbonyl (C=O) groups is 2. The molecular weight excluding hydrogens is 345 g/mol. The molecule has 0 spiro atoms. The summed E-state index contributed by atoms with van der Waals surface area (Å²) in [4.78, 5) is 26.0. The fraction of sp³-hybridized carbons (Fsp3) is 0. The first-order chi connectivity index (χ1) is 9.97. The van der Waals surface area contributed by atoms with E-state index in [2.05, 4.69) is 31.5 Å². The molecule has 1 heterocycles. The van der Waals surface area contributed by atoms with Gasteiger partial charge in [0.2, 0.25) is 0 Å². The number of para-hydroxylation sites is 1. The average molecular weight is 354 g/mol. The largest absolute Gasteiger partial charge is 0.477 e. The van der Waals surface area contributed by atoms with E-state index in [1.807, 2.05) is 0 Å². The van der Waals surface area contributed by atoms with Gasteiger partial charge in [0.1, 0.15) is 11.5 Å². The molecule has 1 aromatic heterocycles. The molecule has 0 saturated carbocycles. The Morgan fingerprint density at radius 1 is 1.19 bits per heavy atom. The quantitative estimate of drug-likeness (QED) is 0.789. The monoisotopic (exact) mass is 353 g/mol. The van der Waals surface area contributed by atoms with Gasteiger partial charge in [0, 0.05) is 4.47 Å². The van der Waals surface area contributed by atoms with Crippen LogP contribution in [-0.2, 0) is 0 Å². The van der Waals surface area contributed by atoms with Crippen molar-refractivity contribution < 1.29 is 19.1 Å². The highest BCUT2D eigenvalue weighted by molar-refractivity contribution is 9.10. The summed E-state index contributed by atoms with van der Waals surface area (Å²) in [5.74, 6) is -1.75. The predicted octanol–water partition coefficient (Wildman–Crippen LogP) is 3.33. The van der Waals surface area contributed by atoms with E-state index in [0.29, 0.717) is 4.47 Å². The third kappa shape index (κ3) is 3.76. The van der Waals surface area contributed by atoms with Crippen LogP contribution >= 0.6 is 15.9 Å². The molecule has 3 N–H and O–H groups in total. The van der Waals surface area contributed by atoms with Crippen LogP contribution in [0.5, 0.6) is 0 Å². The molecule has 1 aromatic carbocycles. The highest BCUT2D eigenvalue weighted by Crippen LogP contribution is 2.25. The number of hydrogen-bond acceptors (Lipinski definition) is 3. The van der Waals surface area contributed by atoms with E-state index in [9.17, 15) is 14.0 Å². The molecule has 0 aliphatic rings. The maximum atomic E-state index is 13.5. The highest BCUT2D eigenvalue weighted by atomic mass is 79.9. The lowest BCUT2D eigenvalue weighted by Crippen LogP contribution is -2.20. The van der Waals surface area contributed by atoms with Crippen LogP contribution in [0.3, 0.4) is 0 Å². The van der Waals surface area contributed by atoms with Gasteiger partial charge in [-0.3, -0.25) is 0 Å². The fourth-order valence-electron chi connectivity index (χ4n) is 1.49. The summed E-state index contributed by atoms with van der Waals surface area (Å²) in [6, 6.07) is 6.25. The van der Waals surface area contributed by atoms with Crippen LogP contribution in [0.1, 0.15) is 10.5 Å². The summed E-state index contributed by atoms with van der Waals surface area (Å²) in [5, 5.41) is 13.5. The molecule has 0 bridgehead atoms. The maximum absolute atomic E-state index is 13.5. The van der Waals surface area contributed by atoms with Gasteiger partial charge in [-0.15, -0.1) is 0 Å². The normalized spacial score (nSPS) is 10.0. The van der Waals surface area contributed by atoms with Crippen LogP contribution in [0.2, 0.25) is 0 Å². The summed E-state index contributed by atoms with van der Waals surface area (Å²) in [6.45, 7) is 0. The number of rotatable bonds is 3. The Kier molecular flexibility index (Phi) is 4.49. The summed E-state index contributed by atoms with van der Waals surface area (Å²) in [6.07, 6.45) is 1.19. The van der Waals surface area contributed by atoms with Gasteiger partial charge in [-0.05, 0) is 40.2 Å². The number of amides is 2. The second kappa shape index (κ2) is 6.31. The summed E-state index contributed by atoms with van der Waals surface area (Å²) in [7, 11) is 0. The zero-order valence-corrected chi connectivity index (χ0v) is 12.0. The predicted molar refractivity (Wildman–Crippen MR) is 77.9 cm³/mol. The minimum Gasteiger partial charge on any atom is -0.477 e. The van der Waals surface area contributed by atoms with Crippen molar-refractivity contribution in [3.8, 4) is 0 Å². The van der Waals surface area contributed by atoms with E-state index < -0.39 is 17.8 Å². The van der Waals surface area contributed by atoms with E-state index >= 15 is 0 Å². The number of aromatic nitrogens is 1. The second-order valence-electron chi connectivity index (χ2n) is 3.91. The van der Waals surface area contributed by atoms with Gasteiger partial charge in [0.05, 0.1) is 17.6 Å². The first-order valence-electron chi connectivity index (χ1n) is 5.69. The van der Waals surface area contributed by atoms with Crippen molar-refractivity contribution in [3.63, 3.8) is 0 Å². The van der Waals surface area contributed by atoms with Crippen LogP contribution in [0.4, 0.5) is 20.6 Å². The SMILES string of the molecule is O=C(Nc1ccc(C(=O)O)nc1)Nc1c(F)cccc1Br. The van der Waals surface area contributed by atoms with Crippen molar-refractivity contribution in [1.82, 2.24) is 4.98 Å². The smallest absolute Gasteiger partial charge is 0.354 e. The number of carboxylic acid groups (broad SMARTS) is 1. The standard InChI is InChI=1S/C13H9BrFN3O3/c14-8-2-1-3-9(15)11(8)18-13(21)17-7-4-5-10(12(19)20)16-6-7/h1-6H,(H,19,20)(H2,17,18,21). The number of halogens is 2. The van der Waals surface area contributed by atoms with Crippen LogP contribution in [-0.4, -0.2) is 22.1 Å². The number of nitrogens with zero attached hydrogens (tertiary/aromatic N) is 1. The van der Waals surface area contributed by atoms with Crippen LogP contribution in [0.15, 0.2) is 41.0 Å². The second-order valence-corrected chi connectivity index (χ2v) is 4.77. The van der Waals surface area contributed by atoms with Gasteiger partial charge in [0.15, 0.2) is 0 Å². The molecular formula is C13H9BrFN3O3. The van der Waals surface area contributed by atoms with E-state index in [1.54, 1.807) is 6.07 Å². The molecule has 108 valence electrons. The van der Waals surface area contributed by atoms with Crippen molar-refractivity contribution >= 4 is 39.3 Å². The van der Waals surface area contributed by atoms with Gasteiger partial charge in [-0.25, -0.2) is 19.0 Å². The number of urea groups is 1. The third-order valence-electron chi connectivity index (χ3n) is 2.44. The Bertz CT molecular complexity index is 671. The number of pyridine rings is 1. The molecule has 8 heteroatoms. The fourth-order valence-corrected chi connectivity index (χ4v) is 1.93. The van der Waals surface area contributed by atoms with Crippen LogP contribution in [0.25, 0.3) is 0 Å². The van der Waals surface area contributed by atoms with Gasteiger partial charge in [-0.1, -0.05) is 6.07 Å². The number of hydrogen-bond donors (Lipinski definition) is 3. The number of carboxylic acids is 1. The van der Waals surface area contributed by atoms with Crippen molar-refractivity contribution in [2.45, 2.75) is 0 Å². The molecule has 0 aliphatic heterocycles. The van der Waals surface area contributed by atoms with E-state index in [1.165, 1.54) is 30.5 Å². The molecule has 2 aromatic rings. The number of anilines is 2. The van der Waals surface area contributed by atoms with Crippen LogP contribution in [0, 0.1) is 5.82 Å². The van der Waals surface area contributed by atoms with Gasteiger partial charge in [0.25, 0.3) is 0 Å². The summed E-state index contributed by atoms with van der Waals surface area (Å²) < 4.78 is 13.9. The summed E-state index contributed by atoms with van der Waals surface area (Å²) in [5.41, 5.74) is 0.146. The number of aromatic carboxylic acids is 1. The van der Waals surface area contributed by atoms with E-state index in [-0.39, 0.29) is 17.1 Å². The molecule has 0 atom stereocenters. The average Bonchev–Trinajstić information content (AvgIpc) is 2.43. The molecule has 21 heavy (non-hydrogen) atoms. The van der Waals surface area contributed by atoms with Gasteiger partial charge in [-0.2, -0.15) is 0 Å². The van der Waals surface area contributed by atoms with Gasteiger partial charge < -0.3 is 15.7 Å². The van der Waals surface area contributed by atoms with Crippen LogP contribution < -0.4 is 10.6 Å². The Morgan fingerprint density at radius 3 is 2.52 bits per heavy atom. The minimum absolute atomic E-state index is 0.00474. The molecule has 0 unspecified atom stereocenters. The van der Waals surface area contributed by atoms with Crippen molar-refractivity contribution in [3.05, 3.63) is 52.5 Å². The van der Waals surface area contributed by atoms with Gasteiger partial charge >= 0.3 is 12.0 Å².